The van der Waals surface area contributed by atoms with Crippen molar-refractivity contribution in [2.75, 3.05) is 29.9 Å². The summed E-state index contributed by atoms with van der Waals surface area (Å²) in [4.78, 5) is 13.8. The van der Waals surface area contributed by atoms with Gasteiger partial charge in [-0.2, -0.15) is 5.10 Å². The van der Waals surface area contributed by atoms with Gasteiger partial charge in [0.2, 0.25) is 5.91 Å². The van der Waals surface area contributed by atoms with Gasteiger partial charge < -0.3 is 15.5 Å². The third-order valence-corrected chi connectivity index (χ3v) is 4.96. The van der Waals surface area contributed by atoms with E-state index >= 15 is 0 Å². The summed E-state index contributed by atoms with van der Waals surface area (Å²) in [5.41, 5.74) is 3.30. The number of nitrogens with one attached hydrogen (secondary N) is 2. The smallest absolute Gasteiger partial charge is 0.227 e. The monoisotopic (exact) mass is 339 g/mol. The van der Waals surface area contributed by atoms with Crippen LogP contribution in [0.1, 0.15) is 24.1 Å². The molecule has 132 valence electrons. The van der Waals surface area contributed by atoms with Crippen LogP contribution in [0.2, 0.25) is 0 Å². The molecule has 3 heterocycles. The standard InChI is InChI=1S/C19H25N5O/c1-14-8-18-21-12-16(13-24(18)22-14)11-20-10-15-4-2-5-17(9-15)23-7-3-6-19(23)25/h2,4-5,8-9,16,20-21H,3,6-7,10-13H2,1H3/t16-/m0/s1. The highest BCUT2D eigenvalue weighted by molar-refractivity contribution is 5.95. The SMILES string of the molecule is Cc1cc2n(n1)C[C@@H](CNCc1cccc(N3CCCC3=O)c1)CN2. The molecule has 1 fully saturated rings. The van der Waals surface area contributed by atoms with Crippen LogP contribution < -0.4 is 15.5 Å². The first kappa shape index (κ1) is 16.1. The number of aryl methyl sites for hydroxylation is 1. The number of benzene rings is 1. The molecule has 0 saturated carbocycles. The van der Waals surface area contributed by atoms with Gasteiger partial charge in [0, 0.05) is 56.8 Å². The van der Waals surface area contributed by atoms with Gasteiger partial charge in [-0.25, -0.2) is 4.68 Å². The molecule has 4 rings (SSSR count). The van der Waals surface area contributed by atoms with Crippen molar-refractivity contribution in [1.29, 1.82) is 0 Å². The molecule has 2 aromatic rings. The molecule has 25 heavy (non-hydrogen) atoms. The van der Waals surface area contributed by atoms with Crippen LogP contribution in [0.5, 0.6) is 0 Å². The van der Waals surface area contributed by atoms with E-state index in [2.05, 4.69) is 38.6 Å². The first-order valence-corrected chi connectivity index (χ1v) is 9.07. The minimum atomic E-state index is 0.240. The van der Waals surface area contributed by atoms with Crippen LogP contribution in [0.3, 0.4) is 0 Å². The highest BCUT2D eigenvalue weighted by atomic mass is 16.2. The Hall–Kier alpha value is -2.34. The zero-order chi connectivity index (χ0) is 17.2. The van der Waals surface area contributed by atoms with E-state index < -0.39 is 0 Å². The Morgan fingerprint density at radius 1 is 1.36 bits per heavy atom. The van der Waals surface area contributed by atoms with Crippen molar-refractivity contribution in [3.05, 3.63) is 41.6 Å². The maximum Gasteiger partial charge on any atom is 0.227 e. The number of carbonyl (C=O) groups is 1. The molecule has 0 spiro atoms. The minimum Gasteiger partial charge on any atom is -0.370 e. The average Bonchev–Trinajstić information content (AvgIpc) is 3.19. The number of fused-ring (bicyclic) bond motifs is 1. The molecule has 1 aromatic carbocycles. The van der Waals surface area contributed by atoms with Gasteiger partial charge in [0.1, 0.15) is 5.82 Å². The molecule has 0 unspecified atom stereocenters. The van der Waals surface area contributed by atoms with Crippen molar-refractivity contribution in [3.63, 3.8) is 0 Å². The Balaban J connectivity index is 1.31. The highest BCUT2D eigenvalue weighted by Crippen LogP contribution is 2.22. The summed E-state index contributed by atoms with van der Waals surface area (Å²) >= 11 is 0. The zero-order valence-electron chi connectivity index (χ0n) is 14.7. The van der Waals surface area contributed by atoms with Crippen LogP contribution in [0, 0.1) is 12.8 Å². The Kier molecular flexibility index (Phi) is 4.44. The van der Waals surface area contributed by atoms with Gasteiger partial charge >= 0.3 is 0 Å². The van der Waals surface area contributed by atoms with E-state index in [1.165, 1.54) is 5.56 Å². The largest absolute Gasteiger partial charge is 0.370 e. The number of hydrogen-bond acceptors (Lipinski definition) is 4. The van der Waals surface area contributed by atoms with E-state index in [1.807, 2.05) is 24.0 Å². The lowest BCUT2D eigenvalue weighted by Crippen LogP contribution is -2.35. The fraction of sp³-hybridized carbons (Fsp3) is 0.474. The zero-order valence-corrected chi connectivity index (χ0v) is 14.7. The Morgan fingerprint density at radius 2 is 2.28 bits per heavy atom. The maximum atomic E-state index is 11.9. The molecule has 0 aliphatic carbocycles. The van der Waals surface area contributed by atoms with E-state index in [-0.39, 0.29) is 5.91 Å². The van der Waals surface area contributed by atoms with Gasteiger partial charge in [0.25, 0.3) is 0 Å². The Bertz CT molecular complexity index is 769. The topological polar surface area (TPSA) is 62.2 Å². The quantitative estimate of drug-likeness (QED) is 0.876. The first-order chi connectivity index (χ1) is 12.2. The van der Waals surface area contributed by atoms with Gasteiger partial charge in [-0.05, 0) is 31.0 Å². The lowest BCUT2D eigenvalue weighted by Gasteiger charge is -2.25. The van der Waals surface area contributed by atoms with Crippen molar-refractivity contribution >= 4 is 17.4 Å². The van der Waals surface area contributed by atoms with Crippen LogP contribution in [0.25, 0.3) is 0 Å². The predicted octanol–water partition coefficient (Wildman–Crippen LogP) is 2.15. The number of nitrogens with zero attached hydrogens (tertiary/aromatic N) is 3. The second-order valence-corrected chi connectivity index (χ2v) is 7.05. The van der Waals surface area contributed by atoms with Crippen molar-refractivity contribution in [2.24, 2.45) is 5.92 Å². The molecule has 2 N–H and O–H groups in total. The summed E-state index contributed by atoms with van der Waals surface area (Å²) in [5.74, 6) is 1.88. The number of carbonyl (C=O) groups excluding carboxylic acids is 1. The van der Waals surface area contributed by atoms with Crippen molar-refractivity contribution < 1.29 is 4.79 Å². The lowest BCUT2D eigenvalue weighted by molar-refractivity contribution is -0.117. The van der Waals surface area contributed by atoms with E-state index in [1.54, 1.807) is 0 Å². The molecule has 6 nitrogen and oxygen atoms in total. The number of rotatable bonds is 5. The van der Waals surface area contributed by atoms with Gasteiger partial charge in [0.15, 0.2) is 0 Å². The molecule has 1 aromatic heterocycles. The average molecular weight is 339 g/mol. The Morgan fingerprint density at radius 3 is 3.12 bits per heavy atom. The molecular weight excluding hydrogens is 314 g/mol. The summed E-state index contributed by atoms with van der Waals surface area (Å²) in [6.07, 6.45) is 1.64. The lowest BCUT2D eigenvalue weighted by atomic mass is 10.1. The molecular formula is C19H25N5O. The molecule has 1 saturated heterocycles. The minimum absolute atomic E-state index is 0.240. The first-order valence-electron chi connectivity index (χ1n) is 9.07. The van der Waals surface area contributed by atoms with Gasteiger partial charge in [-0.15, -0.1) is 0 Å². The van der Waals surface area contributed by atoms with Crippen LogP contribution in [0.4, 0.5) is 11.5 Å². The molecule has 2 aliphatic rings. The van der Waals surface area contributed by atoms with Crippen LogP contribution >= 0.6 is 0 Å². The third kappa shape index (κ3) is 3.54. The summed E-state index contributed by atoms with van der Waals surface area (Å²) < 4.78 is 2.06. The predicted molar refractivity (Wildman–Crippen MR) is 98.7 cm³/mol. The van der Waals surface area contributed by atoms with Crippen molar-refractivity contribution in [3.8, 4) is 0 Å². The van der Waals surface area contributed by atoms with Gasteiger partial charge in [0.05, 0.1) is 5.69 Å². The highest BCUT2D eigenvalue weighted by Gasteiger charge is 2.22. The molecule has 1 atom stereocenters. The summed E-state index contributed by atoms with van der Waals surface area (Å²) in [5, 5.41) is 11.5. The fourth-order valence-corrected chi connectivity index (χ4v) is 3.70. The fourth-order valence-electron chi connectivity index (χ4n) is 3.70. The summed E-state index contributed by atoms with van der Waals surface area (Å²) in [7, 11) is 0. The number of anilines is 2. The van der Waals surface area contributed by atoms with Crippen molar-refractivity contribution in [2.45, 2.75) is 32.9 Å². The molecule has 6 heteroatoms. The van der Waals surface area contributed by atoms with E-state index in [0.717, 1.165) is 56.3 Å². The number of amides is 1. The van der Waals surface area contributed by atoms with Crippen LogP contribution in [-0.4, -0.2) is 35.3 Å². The van der Waals surface area contributed by atoms with Gasteiger partial charge in [-0.3, -0.25) is 4.79 Å². The molecule has 2 aliphatic heterocycles. The van der Waals surface area contributed by atoms with E-state index in [9.17, 15) is 4.79 Å². The van der Waals surface area contributed by atoms with E-state index in [0.29, 0.717) is 12.3 Å². The second-order valence-electron chi connectivity index (χ2n) is 7.05. The second kappa shape index (κ2) is 6.88. The van der Waals surface area contributed by atoms with E-state index in [4.69, 9.17) is 0 Å². The maximum absolute atomic E-state index is 11.9. The molecule has 0 radical (unpaired) electrons. The third-order valence-electron chi connectivity index (χ3n) is 4.96. The van der Waals surface area contributed by atoms with Crippen LogP contribution in [0.15, 0.2) is 30.3 Å². The normalized spacial score (nSPS) is 19.8. The van der Waals surface area contributed by atoms with Crippen LogP contribution in [-0.2, 0) is 17.9 Å². The number of hydrogen-bond donors (Lipinski definition) is 2. The number of aromatic nitrogens is 2. The summed E-state index contributed by atoms with van der Waals surface area (Å²) in [6, 6.07) is 10.4. The van der Waals surface area contributed by atoms with Gasteiger partial charge in [-0.1, -0.05) is 12.1 Å². The Labute approximate surface area is 148 Å². The molecule has 0 bridgehead atoms. The summed E-state index contributed by atoms with van der Waals surface area (Å²) in [6.45, 7) is 6.55. The van der Waals surface area contributed by atoms with Crippen molar-refractivity contribution in [1.82, 2.24) is 15.1 Å². The molecule has 1 amide bonds.